The summed E-state index contributed by atoms with van der Waals surface area (Å²) < 4.78 is 16.9. The van der Waals surface area contributed by atoms with E-state index in [0.29, 0.717) is 19.3 Å². The van der Waals surface area contributed by atoms with Gasteiger partial charge in [-0.15, -0.1) is 0 Å². The first kappa shape index (κ1) is 69.4. The van der Waals surface area contributed by atoms with Crippen LogP contribution < -0.4 is 0 Å². The highest BCUT2D eigenvalue weighted by Crippen LogP contribution is 2.17. The molecule has 0 amide bonds. The molecule has 0 aromatic rings. The minimum atomic E-state index is -0.784. The van der Waals surface area contributed by atoms with Crippen molar-refractivity contribution in [1.29, 1.82) is 0 Å². The van der Waals surface area contributed by atoms with E-state index in [1.54, 1.807) is 0 Å². The molecule has 0 N–H and O–H groups in total. The summed E-state index contributed by atoms with van der Waals surface area (Å²) in [5.74, 6) is -0.882. The van der Waals surface area contributed by atoms with Crippen molar-refractivity contribution in [3.05, 3.63) is 48.6 Å². The molecule has 420 valence electrons. The number of rotatable bonds is 58. The Kier molecular flexibility index (Phi) is 58.7. The van der Waals surface area contributed by atoms with Crippen molar-refractivity contribution in [2.24, 2.45) is 0 Å². The molecule has 0 saturated heterocycles. The highest BCUT2D eigenvalue weighted by molar-refractivity contribution is 5.71. The SMILES string of the molecule is CCCCC/C=C\C/C=C\CCCCCCCCCC(=O)OCC(COC(=O)CCCCCCCCCCCCCCCCCCCCC)OC(=O)CCCCCCC/C=C\C=C/CCCCCCCCC. The second-order valence-corrected chi connectivity index (χ2v) is 21.4. The van der Waals surface area contributed by atoms with Crippen LogP contribution in [0.5, 0.6) is 0 Å². The minimum absolute atomic E-state index is 0.0786. The molecule has 6 nitrogen and oxygen atoms in total. The van der Waals surface area contributed by atoms with E-state index in [1.807, 2.05) is 0 Å². The van der Waals surface area contributed by atoms with Crippen molar-refractivity contribution >= 4 is 17.9 Å². The van der Waals surface area contributed by atoms with Crippen molar-refractivity contribution < 1.29 is 28.6 Å². The average molecular weight is 1010 g/mol. The Morgan fingerprint density at radius 2 is 0.542 bits per heavy atom. The zero-order valence-corrected chi connectivity index (χ0v) is 48.2. The Morgan fingerprint density at radius 1 is 0.292 bits per heavy atom. The second kappa shape index (κ2) is 60.9. The maximum atomic E-state index is 12.9. The van der Waals surface area contributed by atoms with Gasteiger partial charge < -0.3 is 14.2 Å². The summed E-state index contributed by atoms with van der Waals surface area (Å²) in [6.45, 7) is 6.64. The molecule has 0 spiro atoms. The molecule has 0 radical (unpaired) electrons. The van der Waals surface area contributed by atoms with Crippen molar-refractivity contribution in [2.75, 3.05) is 13.2 Å². The molecule has 0 rings (SSSR count). The predicted octanol–water partition coefficient (Wildman–Crippen LogP) is 21.4. The van der Waals surface area contributed by atoms with Crippen LogP contribution in [0.4, 0.5) is 0 Å². The minimum Gasteiger partial charge on any atom is -0.462 e. The van der Waals surface area contributed by atoms with Gasteiger partial charge in [-0.05, 0) is 77.0 Å². The van der Waals surface area contributed by atoms with Gasteiger partial charge in [-0.1, -0.05) is 288 Å². The van der Waals surface area contributed by atoms with Crippen LogP contribution in [-0.2, 0) is 28.6 Å². The Bertz CT molecular complexity index is 1250. The summed E-state index contributed by atoms with van der Waals surface area (Å²) >= 11 is 0. The first-order chi connectivity index (χ1) is 35.5. The number of hydrogen-bond acceptors (Lipinski definition) is 6. The second-order valence-electron chi connectivity index (χ2n) is 21.4. The fraction of sp³-hybridized carbons (Fsp3) is 0.833. The van der Waals surface area contributed by atoms with E-state index >= 15 is 0 Å². The van der Waals surface area contributed by atoms with E-state index in [1.165, 1.54) is 205 Å². The Hall–Kier alpha value is -2.63. The molecule has 72 heavy (non-hydrogen) atoms. The van der Waals surface area contributed by atoms with E-state index < -0.39 is 6.10 Å². The molecule has 0 aliphatic heterocycles. The molecule has 1 atom stereocenters. The Balaban J connectivity index is 4.38. The van der Waals surface area contributed by atoms with E-state index in [9.17, 15) is 14.4 Å². The number of ether oxygens (including phenoxy) is 3. The highest BCUT2D eigenvalue weighted by Gasteiger charge is 2.19. The topological polar surface area (TPSA) is 78.9 Å². The van der Waals surface area contributed by atoms with E-state index in [2.05, 4.69) is 69.4 Å². The number of carbonyl (C=O) groups excluding carboxylic acids is 3. The van der Waals surface area contributed by atoms with Crippen molar-refractivity contribution in [3.63, 3.8) is 0 Å². The molecular formula is C66H120O6. The molecule has 0 aromatic heterocycles. The van der Waals surface area contributed by atoms with Crippen LogP contribution in [0.25, 0.3) is 0 Å². The maximum absolute atomic E-state index is 12.9. The fourth-order valence-corrected chi connectivity index (χ4v) is 9.29. The Morgan fingerprint density at radius 3 is 0.875 bits per heavy atom. The van der Waals surface area contributed by atoms with Gasteiger partial charge in [0.2, 0.25) is 0 Å². The molecule has 0 aromatic carbocycles. The monoisotopic (exact) mass is 1010 g/mol. The Labute approximate surface area is 448 Å². The molecule has 1 unspecified atom stereocenters. The van der Waals surface area contributed by atoms with Crippen molar-refractivity contribution in [1.82, 2.24) is 0 Å². The summed E-state index contributed by atoms with van der Waals surface area (Å²) in [6, 6.07) is 0. The van der Waals surface area contributed by atoms with Crippen LogP contribution in [0.15, 0.2) is 48.6 Å². The highest BCUT2D eigenvalue weighted by atomic mass is 16.6. The summed E-state index contributed by atoms with van der Waals surface area (Å²) in [6.07, 6.45) is 75.3. The predicted molar refractivity (Wildman–Crippen MR) is 312 cm³/mol. The van der Waals surface area contributed by atoms with E-state index in [0.717, 1.165) is 89.9 Å². The summed E-state index contributed by atoms with van der Waals surface area (Å²) in [4.78, 5) is 38.3. The van der Waals surface area contributed by atoms with Gasteiger partial charge in [0, 0.05) is 19.3 Å². The molecule has 0 fully saturated rings. The largest absolute Gasteiger partial charge is 0.462 e. The molecular weight excluding hydrogens is 889 g/mol. The van der Waals surface area contributed by atoms with Crippen LogP contribution in [0.2, 0.25) is 0 Å². The number of esters is 3. The van der Waals surface area contributed by atoms with Gasteiger partial charge in [-0.3, -0.25) is 14.4 Å². The van der Waals surface area contributed by atoms with E-state index in [-0.39, 0.29) is 31.1 Å². The van der Waals surface area contributed by atoms with Crippen LogP contribution in [0, 0.1) is 0 Å². The lowest BCUT2D eigenvalue weighted by Gasteiger charge is -2.18. The fourth-order valence-electron chi connectivity index (χ4n) is 9.29. The maximum Gasteiger partial charge on any atom is 0.306 e. The van der Waals surface area contributed by atoms with Crippen LogP contribution >= 0.6 is 0 Å². The van der Waals surface area contributed by atoms with Crippen LogP contribution in [0.1, 0.15) is 335 Å². The molecule has 0 bridgehead atoms. The lowest BCUT2D eigenvalue weighted by molar-refractivity contribution is -0.167. The molecule has 0 aliphatic carbocycles. The quantitative estimate of drug-likeness (QED) is 0.0199. The summed E-state index contributed by atoms with van der Waals surface area (Å²) in [5.41, 5.74) is 0. The van der Waals surface area contributed by atoms with Crippen molar-refractivity contribution in [3.8, 4) is 0 Å². The standard InChI is InChI=1S/C66H120O6/c1-4-7-10-13-16-19-22-25-28-31-33-36-38-41-44-47-50-53-56-59-65(68)71-62-63(61-70-64(67)58-55-52-49-46-43-40-37-34-30-27-24-21-18-15-12-9-6-3)72-66(69)60-57-54-51-48-45-42-39-35-32-29-26-23-20-17-14-11-8-5-2/h18,21,27,29-30,32,35,39,63H,4-17,19-20,22-26,28,31,33-34,36-38,40-62H2,1-3H3/b21-18-,30-27-,32-29-,39-35-. The lowest BCUT2D eigenvalue weighted by Crippen LogP contribution is -2.30. The molecule has 6 heteroatoms. The van der Waals surface area contributed by atoms with Gasteiger partial charge in [0.05, 0.1) is 0 Å². The smallest absolute Gasteiger partial charge is 0.306 e. The van der Waals surface area contributed by atoms with Crippen LogP contribution in [-0.4, -0.2) is 37.2 Å². The van der Waals surface area contributed by atoms with Crippen LogP contribution in [0.3, 0.4) is 0 Å². The molecule has 0 saturated carbocycles. The zero-order chi connectivity index (χ0) is 52.2. The van der Waals surface area contributed by atoms with Gasteiger partial charge in [0.1, 0.15) is 13.2 Å². The first-order valence-corrected chi connectivity index (χ1v) is 31.7. The third kappa shape index (κ3) is 58.3. The van der Waals surface area contributed by atoms with Gasteiger partial charge >= 0.3 is 17.9 Å². The van der Waals surface area contributed by atoms with Gasteiger partial charge in [0.25, 0.3) is 0 Å². The zero-order valence-electron chi connectivity index (χ0n) is 48.2. The van der Waals surface area contributed by atoms with Crippen molar-refractivity contribution in [2.45, 2.75) is 341 Å². The summed E-state index contributed by atoms with van der Waals surface area (Å²) in [5, 5.41) is 0. The molecule has 0 aliphatic rings. The van der Waals surface area contributed by atoms with Gasteiger partial charge in [-0.2, -0.15) is 0 Å². The number of hydrogen-bond donors (Lipinski definition) is 0. The van der Waals surface area contributed by atoms with E-state index in [4.69, 9.17) is 14.2 Å². The summed E-state index contributed by atoms with van der Waals surface area (Å²) in [7, 11) is 0. The third-order valence-electron chi connectivity index (χ3n) is 14.1. The number of carbonyl (C=O) groups is 3. The normalized spacial score (nSPS) is 12.3. The first-order valence-electron chi connectivity index (χ1n) is 31.7. The lowest BCUT2D eigenvalue weighted by atomic mass is 10.0. The number of allylic oxidation sites excluding steroid dienone is 8. The third-order valence-corrected chi connectivity index (χ3v) is 14.1. The average Bonchev–Trinajstić information content (AvgIpc) is 3.38. The number of unbranched alkanes of at least 4 members (excludes halogenated alkanes) is 40. The van der Waals surface area contributed by atoms with Gasteiger partial charge in [0.15, 0.2) is 6.10 Å². The molecule has 0 heterocycles. The van der Waals surface area contributed by atoms with Gasteiger partial charge in [-0.25, -0.2) is 0 Å².